The second-order valence-corrected chi connectivity index (χ2v) is 7.00. The van der Waals surface area contributed by atoms with Gasteiger partial charge in [0, 0.05) is 11.6 Å². The highest BCUT2D eigenvalue weighted by Crippen LogP contribution is 2.32. The third-order valence-corrected chi connectivity index (χ3v) is 5.70. The standard InChI is InChI=1S/C15H16ClNO3S/c1-20-11-6-8-12(9-7-11)21(18,19)15(10-17)13-4-2-3-5-14(13)16/h2-9,15H,10,17H2,1H3/t15-/m1/s1. The van der Waals surface area contributed by atoms with E-state index in [4.69, 9.17) is 22.1 Å². The first-order valence-corrected chi connectivity index (χ1v) is 8.25. The molecule has 0 saturated carbocycles. The average molecular weight is 326 g/mol. The Morgan fingerprint density at radius 2 is 1.76 bits per heavy atom. The van der Waals surface area contributed by atoms with Crippen LogP contribution in [0.1, 0.15) is 10.8 Å². The Kier molecular flexibility index (Phi) is 4.88. The van der Waals surface area contributed by atoms with Gasteiger partial charge in [-0.3, -0.25) is 0 Å². The van der Waals surface area contributed by atoms with Crippen molar-refractivity contribution >= 4 is 21.4 Å². The van der Waals surface area contributed by atoms with Gasteiger partial charge in [-0.2, -0.15) is 0 Å². The minimum Gasteiger partial charge on any atom is -0.497 e. The molecule has 0 radical (unpaired) electrons. The smallest absolute Gasteiger partial charge is 0.186 e. The Balaban J connectivity index is 2.47. The summed E-state index contributed by atoms with van der Waals surface area (Å²) in [6.07, 6.45) is 0. The summed E-state index contributed by atoms with van der Waals surface area (Å²) in [7, 11) is -2.09. The van der Waals surface area contributed by atoms with Crippen LogP contribution in [0.3, 0.4) is 0 Å². The fourth-order valence-electron chi connectivity index (χ4n) is 2.09. The second-order valence-electron chi connectivity index (χ2n) is 4.47. The molecule has 0 bridgehead atoms. The van der Waals surface area contributed by atoms with E-state index in [0.717, 1.165) is 0 Å². The van der Waals surface area contributed by atoms with Gasteiger partial charge in [0.2, 0.25) is 0 Å². The molecule has 2 aromatic carbocycles. The SMILES string of the molecule is COc1ccc(S(=O)(=O)[C@H](CN)c2ccccc2Cl)cc1. The summed E-state index contributed by atoms with van der Waals surface area (Å²) in [6.45, 7) is -0.0436. The molecule has 21 heavy (non-hydrogen) atoms. The molecule has 0 heterocycles. The normalized spacial score (nSPS) is 12.9. The summed E-state index contributed by atoms with van der Waals surface area (Å²) >= 11 is 6.10. The van der Waals surface area contributed by atoms with E-state index in [1.165, 1.54) is 19.2 Å². The molecule has 1 atom stereocenters. The zero-order valence-electron chi connectivity index (χ0n) is 11.5. The molecule has 0 aliphatic heterocycles. The summed E-state index contributed by atoms with van der Waals surface area (Å²) in [4.78, 5) is 0.193. The van der Waals surface area contributed by atoms with Crippen molar-refractivity contribution in [3.8, 4) is 5.75 Å². The quantitative estimate of drug-likeness (QED) is 0.917. The van der Waals surface area contributed by atoms with Crippen LogP contribution in [0, 0.1) is 0 Å². The van der Waals surface area contributed by atoms with Crippen LogP contribution in [0.4, 0.5) is 0 Å². The van der Waals surface area contributed by atoms with Gasteiger partial charge in [-0.15, -0.1) is 0 Å². The highest BCUT2D eigenvalue weighted by atomic mass is 35.5. The molecule has 4 nitrogen and oxygen atoms in total. The summed E-state index contributed by atoms with van der Waals surface area (Å²) in [5.74, 6) is 0.594. The van der Waals surface area contributed by atoms with Crippen molar-refractivity contribution in [1.82, 2.24) is 0 Å². The van der Waals surface area contributed by atoms with Crippen molar-refractivity contribution < 1.29 is 13.2 Å². The van der Waals surface area contributed by atoms with Crippen LogP contribution in [-0.4, -0.2) is 22.1 Å². The molecular weight excluding hydrogens is 310 g/mol. The van der Waals surface area contributed by atoms with Crippen molar-refractivity contribution in [3.63, 3.8) is 0 Å². The monoisotopic (exact) mass is 325 g/mol. The number of rotatable bonds is 5. The lowest BCUT2D eigenvalue weighted by atomic mass is 10.1. The molecule has 0 saturated heterocycles. The number of ether oxygens (including phenoxy) is 1. The van der Waals surface area contributed by atoms with Crippen LogP contribution in [0.25, 0.3) is 0 Å². The maximum atomic E-state index is 12.7. The van der Waals surface area contributed by atoms with E-state index < -0.39 is 15.1 Å². The lowest BCUT2D eigenvalue weighted by molar-refractivity contribution is 0.414. The van der Waals surface area contributed by atoms with Gasteiger partial charge < -0.3 is 10.5 Å². The highest BCUT2D eigenvalue weighted by Gasteiger charge is 2.29. The largest absolute Gasteiger partial charge is 0.497 e. The molecule has 0 aromatic heterocycles. The zero-order valence-corrected chi connectivity index (χ0v) is 13.1. The van der Waals surface area contributed by atoms with E-state index in [9.17, 15) is 8.42 Å². The van der Waals surface area contributed by atoms with Crippen LogP contribution in [-0.2, 0) is 9.84 Å². The summed E-state index contributed by atoms with van der Waals surface area (Å²) in [6, 6.07) is 13.1. The summed E-state index contributed by atoms with van der Waals surface area (Å²) in [5, 5.41) is -0.482. The Hall–Kier alpha value is -1.56. The van der Waals surface area contributed by atoms with Crippen LogP contribution in [0.2, 0.25) is 5.02 Å². The molecule has 0 fully saturated rings. The third kappa shape index (κ3) is 3.20. The fourth-order valence-corrected chi connectivity index (χ4v) is 4.06. The molecule has 2 aromatic rings. The molecule has 6 heteroatoms. The van der Waals surface area contributed by atoms with E-state index in [1.807, 2.05) is 0 Å². The molecular formula is C15H16ClNO3S. The van der Waals surface area contributed by atoms with Crippen molar-refractivity contribution in [2.75, 3.05) is 13.7 Å². The maximum Gasteiger partial charge on any atom is 0.186 e. The van der Waals surface area contributed by atoms with Crippen molar-refractivity contribution in [1.29, 1.82) is 0 Å². The van der Waals surface area contributed by atoms with E-state index in [2.05, 4.69) is 0 Å². The van der Waals surface area contributed by atoms with Crippen molar-refractivity contribution in [3.05, 3.63) is 59.1 Å². The van der Waals surface area contributed by atoms with E-state index in [-0.39, 0.29) is 11.4 Å². The van der Waals surface area contributed by atoms with E-state index in [0.29, 0.717) is 16.3 Å². The number of hydrogen-bond acceptors (Lipinski definition) is 4. The second kappa shape index (κ2) is 6.47. The topological polar surface area (TPSA) is 69.4 Å². The van der Waals surface area contributed by atoms with E-state index >= 15 is 0 Å². The first-order chi connectivity index (χ1) is 10.0. The molecule has 0 aliphatic rings. The van der Waals surface area contributed by atoms with Gasteiger partial charge in [0.25, 0.3) is 0 Å². The molecule has 0 spiro atoms. The number of benzene rings is 2. The van der Waals surface area contributed by atoms with E-state index in [1.54, 1.807) is 36.4 Å². The fraction of sp³-hybridized carbons (Fsp3) is 0.200. The van der Waals surface area contributed by atoms with Gasteiger partial charge >= 0.3 is 0 Å². The predicted molar refractivity (Wildman–Crippen MR) is 83.4 cm³/mol. The third-order valence-electron chi connectivity index (χ3n) is 3.23. The van der Waals surface area contributed by atoms with Crippen LogP contribution in [0.5, 0.6) is 5.75 Å². The van der Waals surface area contributed by atoms with Gasteiger partial charge in [-0.25, -0.2) is 8.42 Å². The number of sulfone groups is 1. The van der Waals surface area contributed by atoms with Gasteiger partial charge in [-0.05, 0) is 35.9 Å². The van der Waals surface area contributed by atoms with Gasteiger partial charge in [0.15, 0.2) is 9.84 Å². The highest BCUT2D eigenvalue weighted by molar-refractivity contribution is 7.91. The Bertz CT molecular complexity index is 714. The Morgan fingerprint density at radius 1 is 1.14 bits per heavy atom. The first kappa shape index (κ1) is 15.8. The zero-order chi connectivity index (χ0) is 15.5. The summed E-state index contributed by atoms with van der Waals surface area (Å²) in [5.41, 5.74) is 6.20. The van der Waals surface area contributed by atoms with Crippen LogP contribution in [0.15, 0.2) is 53.4 Å². The maximum absolute atomic E-state index is 12.7. The van der Waals surface area contributed by atoms with Crippen molar-refractivity contribution in [2.45, 2.75) is 10.1 Å². The lowest BCUT2D eigenvalue weighted by Gasteiger charge is -2.17. The van der Waals surface area contributed by atoms with Crippen LogP contribution < -0.4 is 10.5 Å². The van der Waals surface area contributed by atoms with Crippen LogP contribution >= 0.6 is 11.6 Å². The number of methoxy groups -OCH3 is 1. The van der Waals surface area contributed by atoms with Gasteiger partial charge in [0.05, 0.1) is 12.0 Å². The minimum atomic E-state index is -3.62. The lowest BCUT2D eigenvalue weighted by Crippen LogP contribution is -2.22. The molecule has 2 rings (SSSR count). The Morgan fingerprint density at radius 3 is 2.29 bits per heavy atom. The predicted octanol–water partition coefficient (Wildman–Crippen LogP) is 2.82. The average Bonchev–Trinajstić information content (AvgIpc) is 2.50. The summed E-state index contributed by atoms with van der Waals surface area (Å²) < 4.78 is 30.5. The number of nitrogens with two attached hydrogens (primary N) is 1. The Labute approximate surface area is 129 Å². The molecule has 0 aliphatic carbocycles. The first-order valence-electron chi connectivity index (χ1n) is 6.33. The van der Waals surface area contributed by atoms with Gasteiger partial charge in [0.1, 0.15) is 11.0 Å². The number of halogens is 1. The molecule has 0 amide bonds. The number of hydrogen-bond donors (Lipinski definition) is 1. The molecule has 2 N–H and O–H groups in total. The van der Waals surface area contributed by atoms with Crippen molar-refractivity contribution in [2.24, 2.45) is 5.73 Å². The minimum absolute atomic E-state index is 0.0436. The van der Waals surface area contributed by atoms with Gasteiger partial charge in [-0.1, -0.05) is 29.8 Å². The molecule has 0 unspecified atom stereocenters. The molecule has 112 valence electrons.